The van der Waals surface area contributed by atoms with Crippen LogP contribution in [0.25, 0.3) is 11.6 Å². The SMILES string of the molecule is Cc1nc(CN)nc(-c2ccco2)n1. The second kappa shape index (κ2) is 3.55. The molecule has 2 heterocycles. The maximum absolute atomic E-state index is 5.46. The van der Waals surface area contributed by atoms with Crippen molar-refractivity contribution in [3.63, 3.8) is 0 Å². The van der Waals surface area contributed by atoms with Crippen LogP contribution >= 0.6 is 0 Å². The molecule has 0 aliphatic carbocycles. The zero-order valence-electron chi connectivity index (χ0n) is 7.77. The van der Waals surface area contributed by atoms with Gasteiger partial charge in [-0.25, -0.2) is 15.0 Å². The molecule has 5 nitrogen and oxygen atoms in total. The molecule has 0 aromatic carbocycles. The van der Waals surface area contributed by atoms with E-state index < -0.39 is 0 Å². The smallest absolute Gasteiger partial charge is 0.199 e. The van der Waals surface area contributed by atoms with Crippen molar-refractivity contribution < 1.29 is 4.42 Å². The van der Waals surface area contributed by atoms with Gasteiger partial charge in [-0.1, -0.05) is 0 Å². The zero-order valence-corrected chi connectivity index (χ0v) is 7.77. The van der Waals surface area contributed by atoms with Gasteiger partial charge >= 0.3 is 0 Å². The molecule has 2 rings (SSSR count). The van der Waals surface area contributed by atoms with Crippen LogP contribution < -0.4 is 5.73 Å². The van der Waals surface area contributed by atoms with Crippen LogP contribution in [0.4, 0.5) is 0 Å². The number of nitrogens with two attached hydrogens (primary N) is 1. The predicted octanol–water partition coefficient (Wildman–Crippen LogP) is 0.899. The summed E-state index contributed by atoms with van der Waals surface area (Å²) in [6, 6.07) is 3.59. The highest BCUT2D eigenvalue weighted by molar-refractivity contribution is 5.45. The molecule has 0 radical (unpaired) electrons. The van der Waals surface area contributed by atoms with Crippen LogP contribution in [-0.2, 0) is 6.54 Å². The number of aryl methyl sites for hydroxylation is 1. The van der Waals surface area contributed by atoms with Crippen LogP contribution in [0.2, 0.25) is 0 Å². The van der Waals surface area contributed by atoms with Crippen molar-refractivity contribution in [2.75, 3.05) is 0 Å². The molecule has 2 aromatic heterocycles. The fourth-order valence-corrected chi connectivity index (χ4v) is 1.14. The number of nitrogens with zero attached hydrogens (tertiary/aromatic N) is 3. The van der Waals surface area contributed by atoms with Gasteiger partial charge in [0.25, 0.3) is 0 Å². The van der Waals surface area contributed by atoms with E-state index in [-0.39, 0.29) is 0 Å². The van der Waals surface area contributed by atoms with Gasteiger partial charge in [-0.3, -0.25) is 0 Å². The Morgan fingerprint density at radius 3 is 2.86 bits per heavy atom. The zero-order chi connectivity index (χ0) is 9.97. The van der Waals surface area contributed by atoms with Crippen LogP contribution in [0.5, 0.6) is 0 Å². The molecular weight excluding hydrogens is 180 g/mol. The first-order valence-electron chi connectivity index (χ1n) is 4.25. The molecule has 0 unspecified atom stereocenters. The van der Waals surface area contributed by atoms with Gasteiger partial charge in [-0.05, 0) is 19.1 Å². The number of aromatic nitrogens is 3. The number of rotatable bonds is 2. The van der Waals surface area contributed by atoms with Crippen LogP contribution in [0.1, 0.15) is 11.6 Å². The maximum atomic E-state index is 5.46. The summed E-state index contributed by atoms with van der Waals surface area (Å²) in [5, 5.41) is 0. The van der Waals surface area contributed by atoms with Gasteiger partial charge in [0.2, 0.25) is 0 Å². The number of hydrogen-bond acceptors (Lipinski definition) is 5. The van der Waals surface area contributed by atoms with Crippen molar-refractivity contribution in [2.45, 2.75) is 13.5 Å². The van der Waals surface area contributed by atoms with E-state index in [1.54, 1.807) is 25.3 Å². The molecule has 0 saturated heterocycles. The Morgan fingerprint density at radius 2 is 2.21 bits per heavy atom. The summed E-state index contributed by atoms with van der Waals surface area (Å²) in [6.45, 7) is 2.10. The highest BCUT2D eigenvalue weighted by atomic mass is 16.3. The van der Waals surface area contributed by atoms with Crippen molar-refractivity contribution >= 4 is 0 Å². The average Bonchev–Trinajstić information content (AvgIpc) is 2.69. The van der Waals surface area contributed by atoms with Crippen molar-refractivity contribution in [3.8, 4) is 11.6 Å². The van der Waals surface area contributed by atoms with Crippen LogP contribution in [0, 0.1) is 6.92 Å². The topological polar surface area (TPSA) is 77.8 Å². The van der Waals surface area contributed by atoms with E-state index in [0.29, 0.717) is 29.8 Å². The van der Waals surface area contributed by atoms with E-state index in [1.807, 2.05) is 0 Å². The van der Waals surface area contributed by atoms with E-state index in [4.69, 9.17) is 10.2 Å². The summed E-state index contributed by atoms with van der Waals surface area (Å²) in [4.78, 5) is 12.4. The molecule has 14 heavy (non-hydrogen) atoms. The van der Waals surface area contributed by atoms with Crippen molar-refractivity contribution in [1.82, 2.24) is 15.0 Å². The molecule has 0 saturated carbocycles. The van der Waals surface area contributed by atoms with Gasteiger partial charge in [-0.2, -0.15) is 0 Å². The van der Waals surface area contributed by atoms with Gasteiger partial charge in [-0.15, -0.1) is 0 Å². The molecule has 0 aliphatic rings. The molecule has 5 heteroatoms. The summed E-state index contributed by atoms with van der Waals surface area (Å²) in [5.41, 5.74) is 5.46. The fraction of sp³-hybridized carbons (Fsp3) is 0.222. The Balaban J connectivity index is 2.48. The van der Waals surface area contributed by atoms with Gasteiger partial charge in [0.15, 0.2) is 11.6 Å². The Bertz CT molecular complexity index is 424. The molecule has 0 atom stereocenters. The minimum Gasteiger partial charge on any atom is -0.461 e. The summed E-state index contributed by atoms with van der Waals surface area (Å²) in [7, 11) is 0. The lowest BCUT2D eigenvalue weighted by molar-refractivity contribution is 0.575. The third-order valence-corrected chi connectivity index (χ3v) is 1.72. The molecule has 72 valence electrons. The fourth-order valence-electron chi connectivity index (χ4n) is 1.14. The van der Waals surface area contributed by atoms with E-state index in [1.165, 1.54) is 0 Å². The van der Waals surface area contributed by atoms with Gasteiger partial charge in [0.05, 0.1) is 12.8 Å². The van der Waals surface area contributed by atoms with E-state index in [0.717, 1.165) is 0 Å². The van der Waals surface area contributed by atoms with E-state index >= 15 is 0 Å². The number of furan rings is 1. The van der Waals surface area contributed by atoms with Gasteiger partial charge < -0.3 is 10.2 Å². The second-order valence-electron chi connectivity index (χ2n) is 2.80. The minimum absolute atomic E-state index is 0.303. The third kappa shape index (κ3) is 1.62. The summed E-state index contributed by atoms with van der Waals surface area (Å²) < 4.78 is 5.18. The van der Waals surface area contributed by atoms with Crippen molar-refractivity contribution in [3.05, 3.63) is 30.0 Å². The van der Waals surface area contributed by atoms with E-state index in [9.17, 15) is 0 Å². The van der Waals surface area contributed by atoms with Gasteiger partial charge in [0.1, 0.15) is 11.6 Å². The lowest BCUT2D eigenvalue weighted by Crippen LogP contribution is -2.07. The van der Waals surface area contributed by atoms with Crippen LogP contribution in [-0.4, -0.2) is 15.0 Å². The molecule has 0 fully saturated rings. The molecule has 2 aromatic rings. The van der Waals surface area contributed by atoms with Gasteiger partial charge in [0, 0.05) is 0 Å². The summed E-state index contributed by atoms with van der Waals surface area (Å²) in [5.74, 6) is 2.38. The predicted molar refractivity (Wildman–Crippen MR) is 50.2 cm³/mol. The summed E-state index contributed by atoms with van der Waals surface area (Å²) >= 11 is 0. The molecule has 2 N–H and O–H groups in total. The molecule has 0 aliphatic heterocycles. The molecular formula is C9H10N4O. The first-order valence-corrected chi connectivity index (χ1v) is 4.25. The third-order valence-electron chi connectivity index (χ3n) is 1.72. The van der Waals surface area contributed by atoms with Crippen molar-refractivity contribution in [1.29, 1.82) is 0 Å². The standard InChI is InChI=1S/C9H10N4O/c1-6-11-8(5-10)13-9(12-6)7-3-2-4-14-7/h2-4H,5,10H2,1H3. The lowest BCUT2D eigenvalue weighted by atomic mass is 10.4. The first kappa shape index (κ1) is 8.83. The van der Waals surface area contributed by atoms with Crippen molar-refractivity contribution in [2.24, 2.45) is 5.73 Å². The number of hydrogen-bond donors (Lipinski definition) is 1. The molecule has 0 bridgehead atoms. The highest BCUT2D eigenvalue weighted by Gasteiger charge is 2.06. The summed E-state index contributed by atoms with van der Waals surface area (Å²) in [6.07, 6.45) is 1.58. The Kier molecular flexibility index (Phi) is 2.24. The Hall–Kier alpha value is -1.75. The quantitative estimate of drug-likeness (QED) is 0.761. The Morgan fingerprint density at radius 1 is 1.36 bits per heavy atom. The van der Waals surface area contributed by atoms with Crippen LogP contribution in [0.3, 0.4) is 0 Å². The van der Waals surface area contributed by atoms with E-state index in [2.05, 4.69) is 15.0 Å². The second-order valence-corrected chi connectivity index (χ2v) is 2.80. The first-order chi connectivity index (χ1) is 6.79. The molecule has 0 spiro atoms. The lowest BCUT2D eigenvalue weighted by Gasteiger charge is -2.00. The van der Waals surface area contributed by atoms with Crippen LogP contribution in [0.15, 0.2) is 22.8 Å². The monoisotopic (exact) mass is 190 g/mol. The maximum Gasteiger partial charge on any atom is 0.199 e. The Labute approximate surface area is 81.0 Å². The normalized spacial score (nSPS) is 10.4. The average molecular weight is 190 g/mol. The minimum atomic E-state index is 0.303. The molecule has 0 amide bonds. The highest BCUT2D eigenvalue weighted by Crippen LogP contribution is 2.14. The largest absolute Gasteiger partial charge is 0.461 e.